The van der Waals surface area contributed by atoms with Gasteiger partial charge in [-0.25, -0.2) is 9.97 Å². The molecule has 9 nitrogen and oxygen atoms in total. The van der Waals surface area contributed by atoms with E-state index in [9.17, 15) is 4.79 Å². The van der Waals surface area contributed by atoms with Crippen LogP contribution >= 0.6 is 11.3 Å². The number of amides is 1. The molecular formula is C21H21N5O4S. The number of aryl methyl sites for hydroxylation is 1. The zero-order valence-electron chi connectivity index (χ0n) is 17.4. The summed E-state index contributed by atoms with van der Waals surface area (Å²) in [6.45, 7) is 0. The highest BCUT2D eigenvalue weighted by Crippen LogP contribution is 2.40. The molecule has 10 heteroatoms. The number of benzene rings is 2. The van der Waals surface area contributed by atoms with Crippen molar-refractivity contribution in [1.29, 1.82) is 0 Å². The Bertz CT molecular complexity index is 1220. The highest BCUT2D eigenvalue weighted by atomic mass is 32.1. The van der Waals surface area contributed by atoms with Gasteiger partial charge in [-0.15, -0.1) is 0 Å². The SMILES string of the molecule is COc1cc(NC(=O)c2cnc(Nc3nc4ccccc4n3C)s2)cc(OC)c1OC. The molecule has 0 aliphatic rings. The Morgan fingerprint density at radius 3 is 2.42 bits per heavy atom. The topological polar surface area (TPSA) is 99.5 Å². The summed E-state index contributed by atoms with van der Waals surface area (Å²) in [5, 5.41) is 6.57. The van der Waals surface area contributed by atoms with Gasteiger partial charge in [-0.05, 0) is 12.1 Å². The highest BCUT2D eigenvalue weighted by molar-refractivity contribution is 7.17. The molecule has 0 fully saturated rings. The summed E-state index contributed by atoms with van der Waals surface area (Å²) in [7, 11) is 6.48. The van der Waals surface area contributed by atoms with Crippen molar-refractivity contribution < 1.29 is 19.0 Å². The standard InChI is InChI=1S/C21H21N5O4S/c1-26-14-8-6-5-7-13(14)24-20(26)25-21-22-11-17(31-21)19(27)23-12-9-15(28-2)18(30-4)16(10-12)29-3/h5-11H,1-4H3,(H,23,27)(H,22,24,25). The predicted octanol–water partition coefficient (Wildman–Crippen LogP) is 4.05. The largest absolute Gasteiger partial charge is 0.493 e. The number of hydrogen-bond donors (Lipinski definition) is 2. The van der Waals surface area contributed by atoms with Crippen LogP contribution in [0.5, 0.6) is 17.2 Å². The number of nitrogens with zero attached hydrogens (tertiary/aromatic N) is 3. The molecular weight excluding hydrogens is 418 g/mol. The number of anilines is 3. The summed E-state index contributed by atoms with van der Waals surface area (Å²) in [6.07, 6.45) is 1.52. The lowest BCUT2D eigenvalue weighted by molar-refractivity contribution is 0.103. The van der Waals surface area contributed by atoms with Crippen molar-refractivity contribution in [2.24, 2.45) is 7.05 Å². The van der Waals surface area contributed by atoms with Crippen molar-refractivity contribution in [3.8, 4) is 17.2 Å². The van der Waals surface area contributed by atoms with Crippen molar-refractivity contribution in [3.63, 3.8) is 0 Å². The Morgan fingerprint density at radius 2 is 1.77 bits per heavy atom. The molecule has 4 rings (SSSR count). The van der Waals surface area contributed by atoms with Crippen LogP contribution in [0.25, 0.3) is 11.0 Å². The Morgan fingerprint density at radius 1 is 1.06 bits per heavy atom. The van der Waals surface area contributed by atoms with Gasteiger partial charge in [0.15, 0.2) is 16.6 Å². The fourth-order valence-electron chi connectivity index (χ4n) is 3.14. The number of ether oxygens (including phenoxy) is 3. The predicted molar refractivity (Wildman–Crippen MR) is 120 cm³/mol. The number of thiazole rings is 1. The summed E-state index contributed by atoms with van der Waals surface area (Å²) in [4.78, 5) is 22.0. The minimum absolute atomic E-state index is 0.301. The van der Waals surface area contributed by atoms with Crippen LogP contribution in [0.3, 0.4) is 0 Å². The Hall–Kier alpha value is -3.79. The molecule has 31 heavy (non-hydrogen) atoms. The lowest BCUT2D eigenvalue weighted by Gasteiger charge is -2.14. The van der Waals surface area contributed by atoms with Crippen molar-refractivity contribution in [2.75, 3.05) is 32.0 Å². The van der Waals surface area contributed by atoms with Gasteiger partial charge < -0.3 is 29.4 Å². The number of aromatic nitrogens is 3. The van der Waals surface area contributed by atoms with Crippen LogP contribution in [0, 0.1) is 0 Å². The third kappa shape index (κ3) is 3.97. The lowest BCUT2D eigenvalue weighted by Crippen LogP contribution is -2.10. The fourth-order valence-corrected chi connectivity index (χ4v) is 3.84. The maximum Gasteiger partial charge on any atom is 0.267 e. The average Bonchev–Trinajstić information content (AvgIpc) is 3.38. The van der Waals surface area contributed by atoms with E-state index in [1.807, 2.05) is 35.9 Å². The van der Waals surface area contributed by atoms with Crippen LogP contribution in [0.4, 0.5) is 16.8 Å². The van der Waals surface area contributed by atoms with Crippen molar-refractivity contribution in [1.82, 2.24) is 14.5 Å². The van der Waals surface area contributed by atoms with E-state index in [0.717, 1.165) is 11.0 Å². The van der Waals surface area contributed by atoms with Gasteiger partial charge in [0, 0.05) is 24.9 Å². The summed E-state index contributed by atoms with van der Waals surface area (Å²) in [6, 6.07) is 11.2. The first-order valence-electron chi connectivity index (χ1n) is 9.29. The minimum atomic E-state index is -0.301. The Kier molecular flexibility index (Phi) is 5.63. The van der Waals surface area contributed by atoms with Crippen molar-refractivity contribution >= 4 is 45.0 Å². The number of carbonyl (C=O) groups excluding carboxylic acids is 1. The first-order valence-corrected chi connectivity index (χ1v) is 10.1. The molecule has 2 aromatic carbocycles. The van der Waals surface area contributed by atoms with Crippen LogP contribution in [-0.4, -0.2) is 41.8 Å². The third-order valence-corrected chi connectivity index (χ3v) is 5.57. The number of hydrogen-bond acceptors (Lipinski definition) is 8. The molecule has 4 aromatic rings. The van der Waals surface area contributed by atoms with Crippen LogP contribution in [0.1, 0.15) is 9.67 Å². The Balaban J connectivity index is 1.52. The molecule has 1 amide bonds. The summed E-state index contributed by atoms with van der Waals surface area (Å²) >= 11 is 1.23. The summed E-state index contributed by atoms with van der Waals surface area (Å²) in [5.74, 6) is 1.70. The quantitative estimate of drug-likeness (QED) is 0.448. The van der Waals surface area contributed by atoms with E-state index in [2.05, 4.69) is 20.6 Å². The number of rotatable bonds is 7. The summed E-state index contributed by atoms with van der Waals surface area (Å²) < 4.78 is 17.9. The van der Waals surface area contributed by atoms with Crippen LogP contribution in [0.15, 0.2) is 42.6 Å². The Labute approximate surface area is 182 Å². The molecule has 0 aliphatic carbocycles. The number of carbonyl (C=O) groups is 1. The van der Waals surface area contributed by atoms with E-state index in [0.29, 0.717) is 38.9 Å². The second-order valence-corrected chi connectivity index (χ2v) is 7.54. The van der Waals surface area contributed by atoms with Crippen molar-refractivity contribution in [3.05, 3.63) is 47.5 Å². The monoisotopic (exact) mass is 439 g/mol. The van der Waals surface area contributed by atoms with Gasteiger partial charge >= 0.3 is 0 Å². The molecule has 160 valence electrons. The number of imidazole rings is 1. The molecule has 2 heterocycles. The van der Waals surface area contributed by atoms with Gasteiger partial charge in [-0.1, -0.05) is 23.5 Å². The molecule has 0 saturated heterocycles. The number of nitrogens with one attached hydrogen (secondary N) is 2. The fraction of sp³-hybridized carbons (Fsp3) is 0.190. The molecule has 0 radical (unpaired) electrons. The highest BCUT2D eigenvalue weighted by Gasteiger charge is 2.17. The van der Waals surface area contributed by atoms with Crippen LogP contribution < -0.4 is 24.8 Å². The van der Waals surface area contributed by atoms with Gasteiger partial charge in [0.05, 0.1) is 38.6 Å². The van der Waals surface area contributed by atoms with E-state index >= 15 is 0 Å². The number of para-hydroxylation sites is 2. The first kappa shape index (κ1) is 20.5. The maximum atomic E-state index is 12.7. The lowest BCUT2D eigenvalue weighted by atomic mass is 10.2. The van der Waals surface area contributed by atoms with Gasteiger partial charge in [0.2, 0.25) is 11.7 Å². The first-order chi connectivity index (χ1) is 15.0. The van der Waals surface area contributed by atoms with Gasteiger partial charge in [-0.3, -0.25) is 4.79 Å². The van der Waals surface area contributed by atoms with E-state index < -0.39 is 0 Å². The third-order valence-electron chi connectivity index (χ3n) is 4.66. The van der Waals surface area contributed by atoms with E-state index in [1.54, 1.807) is 12.1 Å². The van der Waals surface area contributed by atoms with Gasteiger partial charge in [0.1, 0.15) is 4.88 Å². The zero-order valence-corrected chi connectivity index (χ0v) is 18.2. The maximum absolute atomic E-state index is 12.7. The van der Waals surface area contributed by atoms with Gasteiger partial charge in [-0.2, -0.15) is 0 Å². The molecule has 0 unspecified atom stereocenters. The molecule has 0 aliphatic heterocycles. The molecule has 0 bridgehead atoms. The molecule has 0 spiro atoms. The van der Waals surface area contributed by atoms with E-state index in [-0.39, 0.29) is 5.91 Å². The molecule has 0 atom stereocenters. The van der Waals surface area contributed by atoms with Crippen LogP contribution in [0.2, 0.25) is 0 Å². The normalized spacial score (nSPS) is 10.7. The van der Waals surface area contributed by atoms with E-state index in [1.165, 1.54) is 38.9 Å². The molecule has 2 aromatic heterocycles. The smallest absolute Gasteiger partial charge is 0.267 e. The minimum Gasteiger partial charge on any atom is -0.493 e. The molecule has 0 saturated carbocycles. The molecule has 2 N–H and O–H groups in total. The zero-order chi connectivity index (χ0) is 22.0. The van der Waals surface area contributed by atoms with Gasteiger partial charge in [0.25, 0.3) is 5.91 Å². The second kappa shape index (κ2) is 8.52. The van der Waals surface area contributed by atoms with Crippen LogP contribution in [-0.2, 0) is 7.05 Å². The average molecular weight is 439 g/mol. The second-order valence-electron chi connectivity index (χ2n) is 6.51. The summed E-state index contributed by atoms with van der Waals surface area (Å²) in [5.41, 5.74) is 2.39. The number of fused-ring (bicyclic) bond motifs is 1. The van der Waals surface area contributed by atoms with Crippen molar-refractivity contribution in [2.45, 2.75) is 0 Å². The van der Waals surface area contributed by atoms with E-state index in [4.69, 9.17) is 14.2 Å². The number of methoxy groups -OCH3 is 3.